The van der Waals surface area contributed by atoms with Crippen LogP contribution in [-0.4, -0.2) is 23.3 Å². The number of thiophene rings is 1. The third-order valence-corrected chi connectivity index (χ3v) is 6.37. The highest BCUT2D eigenvalue weighted by Gasteiger charge is 2.25. The summed E-state index contributed by atoms with van der Waals surface area (Å²) >= 11 is 1.39. The van der Waals surface area contributed by atoms with E-state index in [9.17, 15) is 18.4 Å². The Hall–Kier alpha value is -3.06. The molecule has 0 saturated carbocycles. The van der Waals surface area contributed by atoms with E-state index in [1.807, 2.05) is 31.2 Å². The van der Waals surface area contributed by atoms with E-state index in [2.05, 4.69) is 5.32 Å². The second-order valence-corrected chi connectivity index (χ2v) is 8.46. The number of hydrogen-bond acceptors (Lipinski definition) is 3. The largest absolute Gasteiger partial charge is 0.347 e. The molecule has 7 heteroatoms. The fraction of sp³-hybridized carbons (Fsp3) is 0.217. The predicted octanol–water partition coefficient (Wildman–Crippen LogP) is 4.46. The molecule has 0 saturated heterocycles. The molecule has 2 aromatic carbocycles. The van der Waals surface area contributed by atoms with Gasteiger partial charge in [0.25, 0.3) is 11.8 Å². The molecule has 0 spiro atoms. The fourth-order valence-electron chi connectivity index (χ4n) is 3.42. The van der Waals surface area contributed by atoms with E-state index in [0.717, 1.165) is 28.1 Å². The lowest BCUT2D eigenvalue weighted by Crippen LogP contribution is -2.35. The number of rotatable bonds is 4. The summed E-state index contributed by atoms with van der Waals surface area (Å²) in [5.74, 6) is -1.68. The fourth-order valence-corrected chi connectivity index (χ4v) is 4.50. The van der Waals surface area contributed by atoms with Crippen LogP contribution in [0.2, 0.25) is 0 Å². The maximum atomic E-state index is 13.7. The molecule has 2 amide bonds. The van der Waals surface area contributed by atoms with Crippen LogP contribution in [0.1, 0.15) is 41.6 Å². The minimum atomic E-state index is -0.689. The van der Waals surface area contributed by atoms with Crippen LogP contribution in [0.25, 0.3) is 0 Å². The van der Waals surface area contributed by atoms with Gasteiger partial charge in [0.2, 0.25) is 0 Å². The number of nitrogens with zero attached hydrogens (tertiary/aromatic N) is 1. The van der Waals surface area contributed by atoms with Gasteiger partial charge in [0.05, 0.1) is 4.88 Å². The lowest BCUT2D eigenvalue weighted by Gasteiger charge is -2.27. The van der Waals surface area contributed by atoms with E-state index < -0.39 is 11.6 Å². The van der Waals surface area contributed by atoms with Crippen molar-refractivity contribution in [1.82, 2.24) is 10.2 Å². The predicted molar refractivity (Wildman–Crippen MR) is 111 cm³/mol. The molecule has 4 rings (SSSR count). The van der Waals surface area contributed by atoms with Crippen molar-refractivity contribution in [2.75, 3.05) is 6.54 Å². The molecule has 0 aliphatic carbocycles. The Morgan fingerprint density at radius 2 is 1.87 bits per heavy atom. The van der Waals surface area contributed by atoms with Crippen LogP contribution in [0, 0.1) is 18.6 Å². The Morgan fingerprint density at radius 3 is 2.60 bits per heavy atom. The molecule has 1 N–H and O–H groups in total. The van der Waals surface area contributed by atoms with Crippen LogP contribution >= 0.6 is 11.3 Å². The van der Waals surface area contributed by atoms with E-state index in [4.69, 9.17) is 0 Å². The monoisotopic (exact) mass is 426 g/mol. The van der Waals surface area contributed by atoms with E-state index in [-0.39, 0.29) is 23.9 Å². The summed E-state index contributed by atoms with van der Waals surface area (Å²) in [6.07, 6.45) is 0.692. The molecule has 1 aliphatic rings. The molecule has 0 unspecified atom stereocenters. The summed E-state index contributed by atoms with van der Waals surface area (Å²) in [6.45, 7) is 3.01. The zero-order chi connectivity index (χ0) is 21.3. The molecule has 1 aliphatic heterocycles. The van der Waals surface area contributed by atoms with Gasteiger partial charge in [-0.25, -0.2) is 8.78 Å². The number of carbonyl (C=O) groups is 2. The summed E-state index contributed by atoms with van der Waals surface area (Å²) < 4.78 is 26.7. The van der Waals surface area contributed by atoms with Gasteiger partial charge in [-0.2, -0.15) is 0 Å². The molecule has 0 fully saturated rings. The van der Waals surface area contributed by atoms with Gasteiger partial charge < -0.3 is 10.2 Å². The molecule has 3 aromatic rings. The smallest absolute Gasteiger partial charge is 0.261 e. The lowest BCUT2D eigenvalue weighted by atomic mass is 10.1. The second-order valence-electron chi connectivity index (χ2n) is 7.32. The van der Waals surface area contributed by atoms with Crippen molar-refractivity contribution in [3.63, 3.8) is 0 Å². The first-order valence-electron chi connectivity index (χ1n) is 9.60. The topological polar surface area (TPSA) is 49.4 Å². The normalized spacial score (nSPS) is 13.1. The summed E-state index contributed by atoms with van der Waals surface area (Å²) in [7, 11) is 0. The first-order valence-corrected chi connectivity index (χ1v) is 10.4. The average molecular weight is 426 g/mol. The Balaban J connectivity index is 1.42. The molecule has 0 atom stereocenters. The van der Waals surface area contributed by atoms with Crippen molar-refractivity contribution in [2.24, 2.45) is 0 Å². The number of carbonyl (C=O) groups excluding carboxylic acids is 2. The molecule has 2 heterocycles. The number of fused-ring (bicyclic) bond motifs is 1. The van der Waals surface area contributed by atoms with Crippen molar-refractivity contribution in [1.29, 1.82) is 0 Å². The van der Waals surface area contributed by atoms with Crippen molar-refractivity contribution in [3.8, 4) is 0 Å². The first-order chi connectivity index (χ1) is 14.4. The number of halogens is 2. The van der Waals surface area contributed by atoms with Crippen LogP contribution in [0.5, 0.6) is 0 Å². The molecule has 4 nitrogen and oxygen atoms in total. The van der Waals surface area contributed by atoms with Gasteiger partial charge in [0, 0.05) is 41.7 Å². The van der Waals surface area contributed by atoms with E-state index in [1.54, 1.807) is 11.0 Å². The molecular weight excluding hydrogens is 406 g/mol. The summed E-state index contributed by atoms with van der Waals surface area (Å²) in [6, 6.07) is 12.6. The molecule has 1 aromatic heterocycles. The van der Waals surface area contributed by atoms with Crippen molar-refractivity contribution in [3.05, 3.63) is 92.2 Å². The number of hydrogen-bond donors (Lipinski definition) is 1. The van der Waals surface area contributed by atoms with Gasteiger partial charge in [-0.3, -0.25) is 9.59 Å². The maximum absolute atomic E-state index is 13.7. The van der Waals surface area contributed by atoms with E-state index in [0.29, 0.717) is 30.0 Å². The minimum absolute atomic E-state index is 0.0223. The van der Waals surface area contributed by atoms with E-state index >= 15 is 0 Å². The molecular formula is C23H20F2N2O2S. The highest BCUT2D eigenvalue weighted by atomic mass is 32.1. The Labute approximate surface area is 177 Å². The van der Waals surface area contributed by atoms with Crippen molar-refractivity contribution < 1.29 is 18.4 Å². The summed E-state index contributed by atoms with van der Waals surface area (Å²) in [5, 5.41) is 2.68. The summed E-state index contributed by atoms with van der Waals surface area (Å²) in [5.41, 5.74) is 2.94. The van der Waals surface area contributed by atoms with Crippen LogP contribution in [0.15, 0.2) is 48.5 Å². The quantitative estimate of drug-likeness (QED) is 0.670. The van der Waals surface area contributed by atoms with Gasteiger partial charge >= 0.3 is 0 Å². The van der Waals surface area contributed by atoms with Crippen molar-refractivity contribution >= 4 is 23.2 Å². The number of amides is 2. The number of aryl methyl sites for hydroxylation is 1. The van der Waals surface area contributed by atoms with Crippen LogP contribution in [0.3, 0.4) is 0 Å². The van der Waals surface area contributed by atoms with Crippen molar-refractivity contribution in [2.45, 2.75) is 26.4 Å². The van der Waals surface area contributed by atoms with Crippen LogP contribution in [-0.2, 0) is 19.5 Å². The van der Waals surface area contributed by atoms with Gasteiger partial charge in [0.1, 0.15) is 11.6 Å². The third kappa shape index (κ3) is 4.26. The lowest BCUT2D eigenvalue weighted by molar-refractivity contribution is 0.0736. The standard InChI is InChI=1S/C23H20F2N2O2S/c1-14-2-4-15(5-3-14)23(29)27-9-8-20-17(13-27)10-21(30-20)22(28)26-12-16-6-7-18(24)11-19(16)25/h2-7,10-11H,8-9,12-13H2,1H3,(H,26,28). The highest BCUT2D eigenvalue weighted by molar-refractivity contribution is 7.14. The zero-order valence-corrected chi connectivity index (χ0v) is 17.2. The Kier molecular flexibility index (Phi) is 5.63. The SMILES string of the molecule is Cc1ccc(C(=O)N2CCc3sc(C(=O)NCc4ccc(F)cc4F)cc3C2)cc1. The zero-order valence-electron chi connectivity index (χ0n) is 16.4. The average Bonchev–Trinajstić information content (AvgIpc) is 3.16. The number of benzene rings is 2. The van der Waals surface area contributed by atoms with Gasteiger partial charge in [-0.15, -0.1) is 11.3 Å². The minimum Gasteiger partial charge on any atom is -0.347 e. The molecule has 0 bridgehead atoms. The Bertz CT molecular complexity index is 1110. The van der Waals surface area contributed by atoms with E-state index in [1.165, 1.54) is 17.4 Å². The molecule has 0 radical (unpaired) electrons. The molecule has 30 heavy (non-hydrogen) atoms. The van der Waals surface area contributed by atoms with Crippen LogP contribution < -0.4 is 5.32 Å². The van der Waals surface area contributed by atoms with Crippen LogP contribution in [0.4, 0.5) is 8.78 Å². The van der Waals surface area contributed by atoms with Gasteiger partial charge in [0.15, 0.2) is 0 Å². The maximum Gasteiger partial charge on any atom is 0.261 e. The second kappa shape index (κ2) is 8.36. The third-order valence-electron chi connectivity index (χ3n) is 5.13. The first kappa shape index (κ1) is 20.2. The Morgan fingerprint density at radius 1 is 1.10 bits per heavy atom. The summed E-state index contributed by atoms with van der Waals surface area (Å²) in [4.78, 5) is 28.7. The highest BCUT2D eigenvalue weighted by Crippen LogP contribution is 2.29. The molecule has 154 valence electrons. The van der Waals surface area contributed by atoms with Gasteiger partial charge in [-0.1, -0.05) is 23.8 Å². The number of nitrogens with one attached hydrogen (secondary N) is 1. The van der Waals surface area contributed by atoms with Gasteiger partial charge in [-0.05, 0) is 43.2 Å².